The highest BCUT2D eigenvalue weighted by molar-refractivity contribution is 5.45. The lowest BCUT2D eigenvalue weighted by molar-refractivity contribution is 0.478. The Bertz CT molecular complexity index is 481. The zero-order valence-electron chi connectivity index (χ0n) is 10.1. The lowest BCUT2D eigenvalue weighted by Crippen LogP contribution is -1.95. The fourth-order valence-corrected chi connectivity index (χ4v) is 1.50. The lowest BCUT2D eigenvalue weighted by atomic mass is 10.4. The first-order chi connectivity index (χ1) is 8.31. The average Bonchev–Trinajstić information content (AvgIpc) is 2.77. The maximum atomic E-state index is 5.66. The summed E-state index contributed by atoms with van der Waals surface area (Å²) in [6, 6.07) is 1.89. The smallest absolute Gasteiger partial charge is 0.165 e. The van der Waals surface area contributed by atoms with Crippen molar-refractivity contribution in [3.05, 3.63) is 30.9 Å². The van der Waals surface area contributed by atoms with Gasteiger partial charge < -0.3 is 10.1 Å². The number of anilines is 1. The van der Waals surface area contributed by atoms with Crippen LogP contribution in [-0.2, 0) is 6.54 Å². The standard InChI is InChI=1S/C12H16N4O/c1-3-4-16-9-12(8-15-16)17-11-5-10(13-2)6-14-7-11/h5-9,13H,3-4H2,1-2H3. The van der Waals surface area contributed by atoms with Gasteiger partial charge in [-0.1, -0.05) is 6.92 Å². The van der Waals surface area contributed by atoms with Crippen LogP contribution in [0, 0.1) is 0 Å². The molecule has 5 nitrogen and oxygen atoms in total. The van der Waals surface area contributed by atoms with E-state index in [-0.39, 0.29) is 0 Å². The van der Waals surface area contributed by atoms with Crippen molar-refractivity contribution in [2.45, 2.75) is 19.9 Å². The zero-order valence-corrected chi connectivity index (χ0v) is 10.1. The molecule has 90 valence electrons. The zero-order chi connectivity index (χ0) is 12.1. The summed E-state index contributed by atoms with van der Waals surface area (Å²) in [5.74, 6) is 1.43. The van der Waals surface area contributed by atoms with Gasteiger partial charge in [-0.3, -0.25) is 9.67 Å². The van der Waals surface area contributed by atoms with Crippen molar-refractivity contribution in [2.24, 2.45) is 0 Å². The molecule has 0 fully saturated rings. The first-order valence-corrected chi connectivity index (χ1v) is 5.65. The second-order valence-electron chi connectivity index (χ2n) is 3.70. The molecular formula is C12H16N4O. The minimum absolute atomic E-state index is 0.702. The fourth-order valence-electron chi connectivity index (χ4n) is 1.50. The summed E-state index contributed by atoms with van der Waals surface area (Å²) < 4.78 is 7.53. The predicted octanol–water partition coefficient (Wildman–Crippen LogP) is 2.52. The first-order valence-electron chi connectivity index (χ1n) is 5.65. The second kappa shape index (κ2) is 5.34. The van der Waals surface area contributed by atoms with Crippen LogP contribution >= 0.6 is 0 Å². The summed E-state index contributed by atoms with van der Waals surface area (Å²) in [5.41, 5.74) is 0.920. The van der Waals surface area contributed by atoms with Gasteiger partial charge in [0.2, 0.25) is 0 Å². The normalized spacial score (nSPS) is 10.2. The van der Waals surface area contributed by atoms with Crippen molar-refractivity contribution in [1.82, 2.24) is 14.8 Å². The molecule has 0 aliphatic rings. The predicted molar refractivity (Wildman–Crippen MR) is 66.4 cm³/mol. The molecule has 2 aromatic rings. The van der Waals surface area contributed by atoms with E-state index in [2.05, 4.69) is 22.3 Å². The highest BCUT2D eigenvalue weighted by Gasteiger charge is 2.02. The topological polar surface area (TPSA) is 52.0 Å². The van der Waals surface area contributed by atoms with Gasteiger partial charge >= 0.3 is 0 Å². The van der Waals surface area contributed by atoms with Gasteiger partial charge in [0.1, 0.15) is 5.75 Å². The molecule has 2 aromatic heterocycles. The van der Waals surface area contributed by atoms with E-state index >= 15 is 0 Å². The van der Waals surface area contributed by atoms with Crippen LogP contribution in [0.4, 0.5) is 5.69 Å². The van der Waals surface area contributed by atoms with E-state index in [1.54, 1.807) is 18.6 Å². The summed E-state index contributed by atoms with van der Waals surface area (Å²) in [4.78, 5) is 4.08. The van der Waals surface area contributed by atoms with Crippen LogP contribution in [0.2, 0.25) is 0 Å². The first kappa shape index (κ1) is 11.4. The van der Waals surface area contributed by atoms with Gasteiger partial charge in [-0.05, 0) is 6.42 Å². The van der Waals surface area contributed by atoms with Crippen molar-refractivity contribution < 1.29 is 4.74 Å². The van der Waals surface area contributed by atoms with Crippen LogP contribution in [0.3, 0.4) is 0 Å². The van der Waals surface area contributed by atoms with Gasteiger partial charge in [0.05, 0.1) is 30.5 Å². The van der Waals surface area contributed by atoms with E-state index in [1.165, 1.54) is 0 Å². The van der Waals surface area contributed by atoms with Gasteiger partial charge in [0, 0.05) is 19.7 Å². The Morgan fingerprint density at radius 2 is 2.18 bits per heavy atom. The number of rotatable bonds is 5. The number of hydrogen-bond acceptors (Lipinski definition) is 4. The molecule has 5 heteroatoms. The Morgan fingerprint density at radius 3 is 2.94 bits per heavy atom. The summed E-state index contributed by atoms with van der Waals surface area (Å²) >= 11 is 0. The third kappa shape index (κ3) is 2.96. The molecule has 0 atom stereocenters. The number of pyridine rings is 1. The summed E-state index contributed by atoms with van der Waals surface area (Å²) in [6.07, 6.45) is 8.07. The molecule has 0 aliphatic heterocycles. The summed E-state index contributed by atoms with van der Waals surface area (Å²) in [6.45, 7) is 3.01. The average molecular weight is 232 g/mol. The van der Waals surface area contributed by atoms with Gasteiger partial charge in [-0.2, -0.15) is 5.10 Å². The number of aromatic nitrogens is 3. The lowest BCUT2D eigenvalue weighted by Gasteiger charge is -2.04. The van der Waals surface area contributed by atoms with E-state index in [0.29, 0.717) is 5.75 Å². The molecule has 0 aliphatic carbocycles. The van der Waals surface area contributed by atoms with Crippen molar-refractivity contribution in [1.29, 1.82) is 0 Å². The molecule has 2 heterocycles. The van der Waals surface area contributed by atoms with Crippen LogP contribution in [0.1, 0.15) is 13.3 Å². The molecule has 1 N–H and O–H groups in total. The molecule has 0 unspecified atom stereocenters. The van der Waals surface area contributed by atoms with E-state index in [9.17, 15) is 0 Å². The molecular weight excluding hydrogens is 216 g/mol. The van der Waals surface area contributed by atoms with E-state index in [4.69, 9.17) is 4.74 Å². The molecule has 0 radical (unpaired) electrons. The van der Waals surface area contributed by atoms with Gasteiger partial charge in [-0.15, -0.1) is 0 Å². The van der Waals surface area contributed by atoms with E-state index < -0.39 is 0 Å². The second-order valence-corrected chi connectivity index (χ2v) is 3.70. The maximum Gasteiger partial charge on any atom is 0.165 e. The summed E-state index contributed by atoms with van der Waals surface area (Å²) in [7, 11) is 1.85. The SMILES string of the molecule is CCCn1cc(Oc2cncc(NC)c2)cn1. The van der Waals surface area contributed by atoms with Gasteiger partial charge in [-0.25, -0.2) is 0 Å². The number of nitrogens with zero attached hydrogens (tertiary/aromatic N) is 3. The Kier molecular flexibility index (Phi) is 3.59. The van der Waals surface area contributed by atoms with Crippen LogP contribution in [-0.4, -0.2) is 21.8 Å². The monoisotopic (exact) mass is 232 g/mol. The quantitative estimate of drug-likeness (QED) is 0.860. The van der Waals surface area contributed by atoms with Crippen LogP contribution in [0.25, 0.3) is 0 Å². The Balaban J connectivity index is 2.08. The molecule has 0 saturated heterocycles. The van der Waals surface area contributed by atoms with Crippen LogP contribution in [0.5, 0.6) is 11.5 Å². The number of aryl methyl sites for hydroxylation is 1. The highest BCUT2D eigenvalue weighted by Crippen LogP contribution is 2.22. The van der Waals surface area contributed by atoms with E-state index in [1.807, 2.05) is 24.0 Å². The molecule has 2 rings (SSSR count). The third-order valence-electron chi connectivity index (χ3n) is 2.30. The van der Waals surface area contributed by atoms with Crippen molar-refractivity contribution in [2.75, 3.05) is 12.4 Å². The molecule has 0 bridgehead atoms. The minimum Gasteiger partial charge on any atom is -0.452 e. The number of hydrogen-bond donors (Lipinski definition) is 1. The Hall–Kier alpha value is -2.04. The molecule has 17 heavy (non-hydrogen) atoms. The van der Waals surface area contributed by atoms with Gasteiger partial charge in [0.25, 0.3) is 0 Å². The van der Waals surface area contributed by atoms with Crippen molar-refractivity contribution in [3.8, 4) is 11.5 Å². The summed E-state index contributed by atoms with van der Waals surface area (Å²) in [5, 5.41) is 7.22. The maximum absolute atomic E-state index is 5.66. The molecule has 0 saturated carbocycles. The fraction of sp³-hybridized carbons (Fsp3) is 0.333. The Morgan fingerprint density at radius 1 is 1.29 bits per heavy atom. The number of nitrogens with one attached hydrogen (secondary N) is 1. The minimum atomic E-state index is 0.702. The Labute approximate surface area is 100 Å². The van der Waals surface area contributed by atoms with Crippen molar-refractivity contribution >= 4 is 5.69 Å². The highest BCUT2D eigenvalue weighted by atomic mass is 16.5. The van der Waals surface area contributed by atoms with Crippen LogP contribution in [0.15, 0.2) is 30.9 Å². The number of ether oxygens (including phenoxy) is 1. The third-order valence-corrected chi connectivity index (χ3v) is 2.30. The van der Waals surface area contributed by atoms with Crippen LogP contribution < -0.4 is 10.1 Å². The van der Waals surface area contributed by atoms with Gasteiger partial charge in [0.15, 0.2) is 5.75 Å². The molecule has 0 amide bonds. The molecule has 0 aromatic carbocycles. The molecule has 0 spiro atoms. The van der Waals surface area contributed by atoms with Crippen molar-refractivity contribution in [3.63, 3.8) is 0 Å². The van der Waals surface area contributed by atoms with E-state index in [0.717, 1.165) is 24.4 Å². The largest absolute Gasteiger partial charge is 0.452 e.